The molecule has 1 aliphatic heterocycles. The van der Waals surface area contributed by atoms with E-state index in [4.69, 9.17) is 0 Å². The number of halogens is 3. The summed E-state index contributed by atoms with van der Waals surface area (Å²) in [6, 6.07) is 9.66. The zero-order chi connectivity index (χ0) is 20.4. The van der Waals surface area contributed by atoms with Gasteiger partial charge < -0.3 is 4.90 Å². The highest BCUT2D eigenvalue weighted by molar-refractivity contribution is 7.89. The maximum absolute atomic E-state index is 12.7. The van der Waals surface area contributed by atoms with Crippen molar-refractivity contribution in [1.82, 2.24) is 14.6 Å². The molecule has 0 bridgehead atoms. The first-order valence-corrected chi connectivity index (χ1v) is 10.0. The van der Waals surface area contributed by atoms with Crippen LogP contribution in [0.3, 0.4) is 0 Å². The number of amides is 1. The summed E-state index contributed by atoms with van der Waals surface area (Å²) in [5, 5.41) is 0. The first-order chi connectivity index (χ1) is 13.2. The van der Waals surface area contributed by atoms with E-state index in [0.29, 0.717) is 16.9 Å². The summed E-state index contributed by atoms with van der Waals surface area (Å²) in [5.74, 6) is -1.92. The fourth-order valence-corrected chi connectivity index (χ4v) is 4.08. The van der Waals surface area contributed by atoms with Crippen LogP contribution in [0, 0.1) is 0 Å². The van der Waals surface area contributed by atoms with Crippen LogP contribution in [0.15, 0.2) is 47.5 Å². The smallest absolute Gasteiger partial charge is 0.330 e. The normalized spacial score (nSPS) is 14.6. The number of nitrogens with zero attached hydrogens (tertiary/aromatic N) is 2. The molecule has 2 aromatic rings. The lowest BCUT2D eigenvalue weighted by Crippen LogP contribution is -2.43. The molecule has 6 nitrogen and oxygen atoms in total. The summed E-state index contributed by atoms with van der Waals surface area (Å²) < 4.78 is 65.4. The Morgan fingerprint density at radius 3 is 2.64 bits per heavy atom. The minimum Gasteiger partial charge on any atom is -0.330 e. The number of aromatic nitrogens is 1. The molecule has 1 N–H and O–H groups in total. The molecule has 28 heavy (non-hydrogen) atoms. The third kappa shape index (κ3) is 4.68. The van der Waals surface area contributed by atoms with Crippen molar-refractivity contribution in [2.24, 2.45) is 0 Å². The van der Waals surface area contributed by atoms with Gasteiger partial charge in [0.1, 0.15) is 0 Å². The molecule has 1 aromatic carbocycles. The predicted octanol–water partition coefficient (Wildman–Crippen LogP) is 2.05. The third-order valence-electron chi connectivity index (χ3n) is 4.43. The average molecular weight is 413 g/mol. The lowest BCUT2D eigenvalue weighted by molar-refractivity contribution is -0.186. The van der Waals surface area contributed by atoms with E-state index >= 15 is 0 Å². The largest absolute Gasteiger partial charge is 0.471 e. The Morgan fingerprint density at radius 2 is 1.96 bits per heavy atom. The van der Waals surface area contributed by atoms with E-state index in [-0.39, 0.29) is 31.0 Å². The van der Waals surface area contributed by atoms with Gasteiger partial charge in [-0.1, -0.05) is 12.1 Å². The summed E-state index contributed by atoms with van der Waals surface area (Å²) in [4.78, 5) is 16.2. The van der Waals surface area contributed by atoms with Crippen molar-refractivity contribution in [1.29, 1.82) is 0 Å². The molecule has 0 radical (unpaired) electrons. The molecular formula is C18H18F3N3O3S. The standard InChI is InChI=1S/C18H18F3N3O3S/c19-18(20,21)17(25)24-10-7-13-4-5-16(11-14(13)12-24)28(26,27)23-9-6-15-3-1-2-8-22-15/h1-5,8,11,23H,6-7,9-10,12H2. The van der Waals surface area contributed by atoms with Gasteiger partial charge in [0.25, 0.3) is 0 Å². The molecule has 0 fully saturated rings. The Kier molecular flexibility index (Phi) is 5.71. The molecule has 3 rings (SSSR count). The molecule has 1 amide bonds. The van der Waals surface area contributed by atoms with Crippen molar-refractivity contribution in [3.05, 3.63) is 59.4 Å². The quantitative estimate of drug-likeness (QED) is 0.814. The molecule has 0 atom stereocenters. The Morgan fingerprint density at radius 1 is 1.18 bits per heavy atom. The number of hydrogen-bond donors (Lipinski definition) is 1. The highest BCUT2D eigenvalue weighted by Crippen LogP contribution is 2.26. The molecule has 0 spiro atoms. The SMILES string of the molecule is O=C(N1CCc2ccc(S(=O)(=O)NCCc3ccccn3)cc2C1)C(F)(F)F. The van der Waals surface area contributed by atoms with Crippen LogP contribution >= 0.6 is 0 Å². The molecule has 0 saturated carbocycles. The summed E-state index contributed by atoms with van der Waals surface area (Å²) in [7, 11) is -3.83. The van der Waals surface area contributed by atoms with E-state index in [2.05, 4.69) is 9.71 Å². The highest BCUT2D eigenvalue weighted by Gasteiger charge is 2.43. The summed E-state index contributed by atoms with van der Waals surface area (Å²) in [6.07, 6.45) is -2.70. The number of pyridine rings is 1. The van der Waals surface area contributed by atoms with E-state index in [1.807, 2.05) is 0 Å². The van der Waals surface area contributed by atoms with Gasteiger partial charge >= 0.3 is 12.1 Å². The maximum Gasteiger partial charge on any atom is 0.471 e. The number of benzene rings is 1. The number of carbonyl (C=O) groups excluding carboxylic acids is 1. The minimum atomic E-state index is -4.95. The van der Waals surface area contributed by atoms with Crippen LogP contribution in [0.1, 0.15) is 16.8 Å². The van der Waals surface area contributed by atoms with Crippen molar-refractivity contribution in [2.75, 3.05) is 13.1 Å². The molecule has 10 heteroatoms. The fraction of sp³-hybridized carbons (Fsp3) is 0.333. The van der Waals surface area contributed by atoms with Crippen molar-refractivity contribution >= 4 is 15.9 Å². The van der Waals surface area contributed by atoms with Gasteiger partial charge in [-0.15, -0.1) is 0 Å². The molecule has 0 saturated heterocycles. The number of hydrogen-bond acceptors (Lipinski definition) is 4. The average Bonchev–Trinajstić information content (AvgIpc) is 2.66. The minimum absolute atomic E-state index is 0.0476. The molecule has 0 aliphatic carbocycles. The molecule has 0 unspecified atom stereocenters. The second kappa shape index (κ2) is 7.88. The van der Waals surface area contributed by atoms with Crippen LogP contribution in [0.25, 0.3) is 0 Å². The summed E-state index contributed by atoms with van der Waals surface area (Å²) in [6.45, 7) is -0.195. The van der Waals surface area contributed by atoms with E-state index in [0.717, 1.165) is 11.3 Å². The monoisotopic (exact) mass is 413 g/mol. The number of fused-ring (bicyclic) bond motifs is 1. The van der Waals surface area contributed by atoms with Crippen LogP contribution in [-0.4, -0.2) is 43.5 Å². The lowest BCUT2D eigenvalue weighted by Gasteiger charge is -2.29. The molecule has 1 aromatic heterocycles. The van der Waals surface area contributed by atoms with E-state index in [9.17, 15) is 26.4 Å². The Balaban J connectivity index is 1.71. The van der Waals surface area contributed by atoms with Crippen LogP contribution < -0.4 is 4.72 Å². The first-order valence-electron chi connectivity index (χ1n) is 8.54. The first kappa shape index (κ1) is 20.3. The number of carbonyl (C=O) groups is 1. The van der Waals surface area contributed by atoms with Crippen molar-refractivity contribution < 1.29 is 26.4 Å². The Labute approximate surface area is 160 Å². The number of sulfonamides is 1. The summed E-state index contributed by atoms with van der Waals surface area (Å²) in [5.41, 5.74) is 1.87. The summed E-state index contributed by atoms with van der Waals surface area (Å²) >= 11 is 0. The molecule has 150 valence electrons. The van der Waals surface area contributed by atoms with Crippen molar-refractivity contribution in [2.45, 2.75) is 30.5 Å². The van der Waals surface area contributed by atoms with Gasteiger partial charge in [0.15, 0.2) is 0 Å². The topological polar surface area (TPSA) is 79.4 Å². The van der Waals surface area contributed by atoms with E-state index < -0.39 is 22.1 Å². The van der Waals surface area contributed by atoms with Crippen LogP contribution in [0.2, 0.25) is 0 Å². The number of alkyl halides is 3. The van der Waals surface area contributed by atoms with Gasteiger partial charge in [-0.25, -0.2) is 13.1 Å². The van der Waals surface area contributed by atoms with Gasteiger partial charge in [-0.05, 0) is 41.8 Å². The molecule has 1 aliphatic rings. The van der Waals surface area contributed by atoms with Crippen molar-refractivity contribution in [3.8, 4) is 0 Å². The van der Waals surface area contributed by atoms with Gasteiger partial charge in [-0.2, -0.15) is 13.2 Å². The zero-order valence-electron chi connectivity index (χ0n) is 14.7. The third-order valence-corrected chi connectivity index (χ3v) is 5.89. The number of nitrogens with one attached hydrogen (secondary N) is 1. The number of rotatable bonds is 5. The van der Waals surface area contributed by atoms with Crippen LogP contribution in [0.4, 0.5) is 13.2 Å². The lowest BCUT2D eigenvalue weighted by atomic mass is 10.00. The van der Waals surface area contributed by atoms with Gasteiger partial charge in [0, 0.05) is 37.9 Å². The van der Waals surface area contributed by atoms with Crippen LogP contribution in [0.5, 0.6) is 0 Å². The van der Waals surface area contributed by atoms with E-state index in [1.54, 1.807) is 30.5 Å². The zero-order valence-corrected chi connectivity index (χ0v) is 15.6. The van der Waals surface area contributed by atoms with Gasteiger partial charge in [-0.3, -0.25) is 9.78 Å². The fourth-order valence-electron chi connectivity index (χ4n) is 3.00. The van der Waals surface area contributed by atoms with E-state index in [1.165, 1.54) is 12.1 Å². The second-order valence-corrected chi connectivity index (χ2v) is 8.14. The van der Waals surface area contributed by atoms with Crippen LogP contribution in [-0.2, 0) is 34.2 Å². The molecular weight excluding hydrogens is 395 g/mol. The van der Waals surface area contributed by atoms with Crippen molar-refractivity contribution in [3.63, 3.8) is 0 Å². The highest BCUT2D eigenvalue weighted by atomic mass is 32.2. The second-order valence-electron chi connectivity index (χ2n) is 6.37. The Bertz CT molecular complexity index is 963. The van der Waals surface area contributed by atoms with Gasteiger partial charge in [0.2, 0.25) is 10.0 Å². The maximum atomic E-state index is 12.7. The predicted molar refractivity (Wildman–Crippen MR) is 94.7 cm³/mol. The molecule has 2 heterocycles. The van der Waals surface area contributed by atoms with Gasteiger partial charge in [0.05, 0.1) is 4.90 Å². The Hall–Kier alpha value is -2.46.